The minimum atomic E-state index is 0.310. The lowest BCUT2D eigenvalue weighted by atomic mass is 9.71. The van der Waals surface area contributed by atoms with E-state index in [0.29, 0.717) is 5.41 Å². The highest BCUT2D eigenvalue weighted by molar-refractivity contribution is 5.04. The second-order valence-electron chi connectivity index (χ2n) is 5.73. The Kier molecular flexibility index (Phi) is 2.90. The van der Waals surface area contributed by atoms with Crippen molar-refractivity contribution in [2.75, 3.05) is 6.54 Å². The van der Waals surface area contributed by atoms with Gasteiger partial charge in [0.25, 0.3) is 0 Å². The van der Waals surface area contributed by atoms with Crippen molar-refractivity contribution in [2.24, 2.45) is 11.1 Å². The van der Waals surface area contributed by atoms with Crippen molar-refractivity contribution in [2.45, 2.75) is 57.9 Å². The van der Waals surface area contributed by atoms with Crippen LogP contribution in [0.1, 0.15) is 50.2 Å². The van der Waals surface area contributed by atoms with E-state index in [-0.39, 0.29) is 0 Å². The predicted molar refractivity (Wildman–Crippen MR) is 66.6 cm³/mol. The number of nitrogens with two attached hydrogens (primary N) is 1. The molecule has 1 fully saturated rings. The smallest absolute Gasteiger partial charge is 0.133 e. The summed E-state index contributed by atoms with van der Waals surface area (Å²) >= 11 is 0. The third-order valence-electron chi connectivity index (χ3n) is 4.57. The molecule has 0 unspecified atom stereocenters. The molecule has 3 rings (SSSR count). The van der Waals surface area contributed by atoms with Crippen LogP contribution in [-0.4, -0.2) is 21.3 Å². The van der Waals surface area contributed by atoms with Crippen LogP contribution in [0.5, 0.6) is 0 Å². The molecule has 17 heavy (non-hydrogen) atoms. The van der Waals surface area contributed by atoms with E-state index < -0.39 is 0 Å². The second kappa shape index (κ2) is 4.41. The van der Waals surface area contributed by atoms with Crippen molar-refractivity contribution in [1.29, 1.82) is 0 Å². The molecule has 1 saturated carbocycles. The summed E-state index contributed by atoms with van der Waals surface area (Å²) in [7, 11) is 0. The molecule has 0 saturated heterocycles. The molecule has 2 aliphatic rings. The number of aromatic nitrogens is 3. The molecule has 2 heterocycles. The van der Waals surface area contributed by atoms with Gasteiger partial charge >= 0.3 is 0 Å². The summed E-state index contributed by atoms with van der Waals surface area (Å²) in [4.78, 5) is 0. The van der Waals surface area contributed by atoms with Gasteiger partial charge in [-0.25, -0.2) is 0 Å². The average Bonchev–Trinajstić information content (AvgIpc) is 2.96. The first kappa shape index (κ1) is 11.2. The van der Waals surface area contributed by atoms with Gasteiger partial charge in [0.2, 0.25) is 0 Å². The van der Waals surface area contributed by atoms with Crippen LogP contribution >= 0.6 is 0 Å². The Morgan fingerprint density at radius 2 is 1.94 bits per heavy atom. The monoisotopic (exact) mass is 234 g/mol. The lowest BCUT2D eigenvalue weighted by molar-refractivity contribution is 0.191. The number of fused-ring (bicyclic) bond motifs is 1. The van der Waals surface area contributed by atoms with Crippen LogP contribution in [0.4, 0.5) is 0 Å². The van der Waals surface area contributed by atoms with Crippen LogP contribution in [0.25, 0.3) is 0 Å². The second-order valence-corrected chi connectivity index (χ2v) is 5.73. The van der Waals surface area contributed by atoms with Gasteiger partial charge in [-0.1, -0.05) is 19.3 Å². The van der Waals surface area contributed by atoms with Gasteiger partial charge < -0.3 is 10.3 Å². The Bertz CT molecular complexity index is 390. The van der Waals surface area contributed by atoms with Crippen molar-refractivity contribution in [3.63, 3.8) is 0 Å². The zero-order valence-electron chi connectivity index (χ0n) is 10.5. The van der Waals surface area contributed by atoms with Gasteiger partial charge in [0, 0.05) is 19.4 Å². The van der Waals surface area contributed by atoms with Gasteiger partial charge in [0.1, 0.15) is 11.6 Å². The number of hydrogen-bond acceptors (Lipinski definition) is 3. The third-order valence-corrected chi connectivity index (χ3v) is 4.57. The van der Waals surface area contributed by atoms with Crippen molar-refractivity contribution >= 4 is 0 Å². The lowest BCUT2D eigenvalue weighted by Gasteiger charge is -2.35. The molecule has 0 aromatic carbocycles. The van der Waals surface area contributed by atoms with Gasteiger partial charge in [-0.15, -0.1) is 10.2 Å². The van der Waals surface area contributed by atoms with Gasteiger partial charge in [-0.3, -0.25) is 0 Å². The summed E-state index contributed by atoms with van der Waals surface area (Å²) in [6.07, 6.45) is 9.94. The van der Waals surface area contributed by atoms with Gasteiger partial charge in [-0.05, 0) is 31.2 Å². The molecule has 0 amide bonds. The SMILES string of the molecule is NCC1(Cc2nnc3n2CCC3)CCCCC1. The Labute approximate surface area is 103 Å². The van der Waals surface area contributed by atoms with Crippen LogP contribution in [-0.2, 0) is 19.4 Å². The highest BCUT2D eigenvalue weighted by Crippen LogP contribution is 2.38. The third kappa shape index (κ3) is 1.99. The summed E-state index contributed by atoms with van der Waals surface area (Å²) in [5, 5.41) is 8.68. The predicted octanol–water partition coefficient (Wildman–Crippen LogP) is 1.68. The summed E-state index contributed by atoms with van der Waals surface area (Å²) < 4.78 is 2.33. The topological polar surface area (TPSA) is 56.7 Å². The summed E-state index contributed by atoms with van der Waals surface area (Å²) in [5.74, 6) is 2.37. The minimum Gasteiger partial charge on any atom is -0.330 e. The van der Waals surface area contributed by atoms with Crippen LogP contribution < -0.4 is 5.73 Å². The first-order chi connectivity index (χ1) is 8.33. The Balaban J connectivity index is 1.80. The zero-order chi connectivity index (χ0) is 11.7. The van der Waals surface area contributed by atoms with Gasteiger partial charge in [0.15, 0.2) is 0 Å². The van der Waals surface area contributed by atoms with Crippen molar-refractivity contribution < 1.29 is 0 Å². The van der Waals surface area contributed by atoms with Gasteiger partial charge in [-0.2, -0.15) is 0 Å². The van der Waals surface area contributed by atoms with Crippen molar-refractivity contribution in [3.8, 4) is 0 Å². The highest BCUT2D eigenvalue weighted by atomic mass is 15.3. The van der Waals surface area contributed by atoms with E-state index >= 15 is 0 Å². The van der Waals surface area contributed by atoms with Crippen molar-refractivity contribution in [1.82, 2.24) is 14.8 Å². The molecule has 1 aliphatic carbocycles. The van der Waals surface area contributed by atoms with Crippen LogP contribution in [0.15, 0.2) is 0 Å². The molecule has 1 aliphatic heterocycles. The summed E-state index contributed by atoms with van der Waals surface area (Å²) in [6.45, 7) is 1.91. The maximum absolute atomic E-state index is 6.04. The Morgan fingerprint density at radius 1 is 1.12 bits per heavy atom. The van der Waals surface area contributed by atoms with Crippen LogP contribution in [0.3, 0.4) is 0 Å². The van der Waals surface area contributed by atoms with E-state index in [4.69, 9.17) is 5.73 Å². The van der Waals surface area contributed by atoms with E-state index in [2.05, 4.69) is 14.8 Å². The van der Waals surface area contributed by atoms with Crippen LogP contribution in [0, 0.1) is 5.41 Å². The standard InChI is InChI=1S/C13H22N4/c14-10-13(6-2-1-3-7-13)9-12-16-15-11-5-4-8-17(11)12/h1-10,14H2. The summed E-state index contributed by atoms with van der Waals surface area (Å²) in [6, 6.07) is 0. The lowest BCUT2D eigenvalue weighted by Crippen LogP contribution is -2.35. The molecule has 1 aromatic rings. The molecule has 1 aromatic heterocycles. The molecule has 2 N–H and O–H groups in total. The Hall–Kier alpha value is -0.900. The molecule has 0 atom stereocenters. The van der Waals surface area contributed by atoms with E-state index in [1.807, 2.05) is 0 Å². The first-order valence-corrected chi connectivity index (χ1v) is 6.94. The van der Waals surface area contributed by atoms with E-state index in [1.54, 1.807) is 0 Å². The molecular weight excluding hydrogens is 212 g/mol. The van der Waals surface area contributed by atoms with E-state index in [9.17, 15) is 0 Å². The van der Waals surface area contributed by atoms with Crippen molar-refractivity contribution in [3.05, 3.63) is 11.6 Å². The largest absolute Gasteiger partial charge is 0.330 e. The fourth-order valence-electron chi connectivity index (χ4n) is 3.43. The molecule has 94 valence electrons. The molecule has 4 nitrogen and oxygen atoms in total. The fourth-order valence-corrected chi connectivity index (χ4v) is 3.43. The van der Waals surface area contributed by atoms with Crippen LogP contribution in [0.2, 0.25) is 0 Å². The number of rotatable bonds is 3. The summed E-state index contributed by atoms with van der Waals surface area (Å²) in [5.41, 5.74) is 6.35. The first-order valence-electron chi connectivity index (χ1n) is 6.94. The zero-order valence-corrected chi connectivity index (χ0v) is 10.5. The maximum atomic E-state index is 6.04. The fraction of sp³-hybridized carbons (Fsp3) is 0.846. The minimum absolute atomic E-state index is 0.310. The number of aryl methyl sites for hydroxylation is 1. The number of nitrogens with zero attached hydrogens (tertiary/aromatic N) is 3. The molecule has 4 heteroatoms. The molecule has 0 bridgehead atoms. The molecule has 0 radical (unpaired) electrons. The van der Waals surface area contributed by atoms with E-state index in [1.165, 1.54) is 50.2 Å². The maximum Gasteiger partial charge on any atom is 0.133 e. The highest BCUT2D eigenvalue weighted by Gasteiger charge is 2.33. The molecule has 0 spiro atoms. The average molecular weight is 234 g/mol. The van der Waals surface area contributed by atoms with Gasteiger partial charge in [0.05, 0.1) is 0 Å². The number of hydrogen-bond donors (Lipinski definition) is 1. The Morgan fingerprint density at radius 3 is 2.71 bits per heavy atom. The quantitative estimate of drug-likeness (QED) is 0.865. The normalized spacial score (nSPS) is 22.6. The van der Waals surface area contributed by atoms with E-state index in [0.717, 1.165) is 25.9 Å². The molecular formula is C13H22N4.